The van der Waals surface area contributed by atoms with Gasteiger partial charge in [0.25, 0.3) is 0 Å². The van der Waals surface area contributed by atoms with Gasteiger partial charge in [0.05, 0.1) is 6.04 Å². The summed E-state index contributed by atoms with van der Waals surface area (Å²) >= 11 is 3.46. The topological polar surface area (TPSA) is 26.0 Å². The Kier molecular flexibility index (Phi) is 4.81. The maximum Gasteiger partial charge on any atom is 0.0510 e. The highest BCUT2D eigenvalue weighted by atomic mass is 79.9. The summed E-state index contributed by atoms with van der Waals surface area (Å²) in [4.78, 5) is 0. The molecule has 1 atom stereocenters. The van der Waals surface area contributed by atoms with Gasteiger partial charge < -0.3 is 5.73 Å². The van der Waals surface area contributed by atoms with E-state index in [1.807, 2.05) is 0 Å². The maximum atomic E-state index is 6.36. The third kappa shape index (κ3) is 3.68. The van der Waals surface area contributed by atoms with Crippen molar-refractivity contribution in [3.63, 3.8) is 0 Å². The second kappa shape index (κ2) is 6.36. The largest absolute Gasteiger partial charge is 0.321 e. The minimum absolute atomic E-state index is 0.0844. The number of hydrogen-bond donors (Lipinski definition) is 1. The number of hydrogen-bond acceptors (Lipinski definition) is 1. The van der Waals surface area contributed by atoms with E-state index in [2.05, 4.69) is 46.3 Å². The zero-order valence-corrected chi connectivity index (χ0v) is 11.7. The standard InChI is InChI=1S/C15H20BrN/c16-14-10-8-13(9-11-14)15(17)12-6-4-2-1-3-5-7-12/h6,8-11,15H,1-5,7,17H2/b12-6+. The molecule has 2 heteroatoms. The summed E-state index contributed by atoms with van der Waals surface area (Å²) in [5, 5.41) is 0. The second-order valence-electron chi connectivity index (χ2n) is 4.76. The van der Waals surface area contributed by atoms with Gasteiger partial charge in [0.15, 0.2) is 0 Å². The van der Waals surface area contributed by atoms with Crippen LogP contribution in [-0.4, -0.2) is 0 Å². The lowest BCUT2D eigenvalue weighted by atomic mass is 9.91. The van der Waals surface area contributed by atoms with Crippen molar-refractivity contribution in [2.75, 3.05) is 0 Å². The predicted octanol–water partition coefficient (Wildman–Crippen LogP) is 4.73. The Morgan fingerprint density at radius 2 is 1.71 bits per heavy atom. The SMILES string of the molecule is NC(/C1=C/CCCCCC1)c1ccc(Br)cc1. The third-order valence-corrected chi connectivity index (χ3v) is 3.98. The van der Waals surface area contributed by atoms with Gasteiger partial charge in [-0.3, -0.25) is 0 Å². The Morgan fingerprint density at radius 3 is 2.47 bits per heavy atom. The first-order chi connectivity index (χ1) is 8.27. The number of halogens is 1. The van der Waals surface area contributed by atoms with Gasteiger partial charge in [0, 0.05) is 4.47 Å². The van der Waals surface area contributed by atoms with Crippen LogP contribution in [0.3, 0.4) is 0 Å². The molecule has 0 radical (unpaired) electrons. The summed E-state index contributed by atoms with van der Waals surface area (Å²) in [6.45, 7) is 0. The van der Waals surface area contributed by atoms with Crippen molar-refractivity contribution in [1.29, 1.82) is 0 Å². The van der Waals surface area contributed by atoms with Crippen molar-refractivity contribution >= 4 is 15.9 Å². The first-order valence-corrected chi connectivity index (χ1v) is 7.26. The summed E-state index contributed by atoms with van der Waals surface area (Å²) in [6.07, 6.45) is 10.1. The van der Waals surface area contributed by atoms with E-state index >= 15 is 0 Å². The molecule has 92 valence electrons. The van der Waals surface area contributed by atoms with E-state index in [4.69, 9.17) is 5.73 Å². The van der Waals surface area contributed by atoms with Crippen molar-refractivity contribution in [2.24, 2.45) is 5.73 Å². The number of nitrogens with two attached hydrogens (primary N) is 1. The van der Waals surface area contributed by atoms with Gasteiger partial charge in [-0.2, -0.15) is 0 Å². The minimum Gasteiger partial charge on any atom is -0.321 e. The van der Waals surface area contributed by atoms with Crippen molar-refractivity contribution in [3.8, 4) is 0 Å². The monoisotopic (exact) mass is 293 g/mol. The summed E-state index contributed by atoms with van der Waals surface area (Å²) in [7, 11) is 0. The van der Waals surface area contributed by atoms with Crippen LogP contribution in [0.1, 0.15) is 50.1 Å². The zero-order valence-electron chi connectivity index (χ0n) is 10.2. The molecule has 0 amide bonds. The third-order valence-electron chi connectivity index (χ3n) is 3.45. The highest BCUT2D eigenvalue weighted by Crippen LogP contribution is 2.27. The van der Waals surface area contributed by atoms with Gasteiger partial charge in [-0.25, -0.2) is 0 Å². The Hall–Kier alpha value is -0.600. The molecule has 0 aromatic heterocycles. The molecule has 0 aliphatic heterocycles. The van der Waals surface area contributed by atoms with E-state index in [0.717, 1.165) is 10.9 Å². The molecular weight excluding hydrogens is 274 g/mol. The van der Waals surface area contributed by atoms with E-state index in [-0.39, 0.29) is 6.04 Å². The average Bonchev–Trinajstić information content (AvgIpc) is 2.29. The molecule has 1 aliphatic rings. The molecule has 1 unspecified atom stereocenters. The normalized spacial score (nSPS) is 22.1. The van der Waals surface area contributed by atoms with Gasteiger partial charge >= 0.3 is 0 Å². The fourth-order valence-electron chi connectivity index (χ4n) is 2.38. The highest BCUT2D eigenvalue weighted by Gasteiger charge is 2.12. The molecule has 1 aromatic carbocycles. The van der Waals surface area contributed by atoms with Gasteiger partial charge in [0.2, 0.25) is 0 Å². The van der Waals surface area contributed by atoms with Crippen LogP contribution in [0.5, 0.6) is 0 Å². The van der Waals surface area contributed by atoms with Crippen LogP contribution in [0, 0.1) is 0 Å². The fourth-order valence-corrected chi connectivity index (χ4v) is 2.65. The van der Waals surface area contributed by atoms with Crippen LogP contribution in [0.15, 0.2) is 40.4 Å². The first-order valence-electron chi connectivity index (χ1n) is 6.47. The molecule has 1 aliphatic carbocycles. The molecule has 0 bridgehead atoms. The molecule has 0 heterocycles. The lowest BCUT2D eigenvalue weighted by molar-refractivity contribution is 0.602. The van der Waals surface area contributed by atoms with Crippen LogP contribution in [0.25, 0.3) is 0 Å². The quantitative estimate of drug-likeness (QED) is 0.784. The maximum absolute atomic E-state index is 6.36. The molecule has 1 nitrogen and oxygen atoms in total. The molecule has 17 heavy (non-hydrogen) atoms. The van der Waals surface area contributed by atoms with E-state index in [0.29, 0.717) is 0 Å². The smallest absolute Gasteiger partial charge is 0.0510 e. The molecular formula is C15H20BrN. The van der Waals surface area contributed by atoms with Gasteiger partial charge in [-0.05, 0) is 43.4 Å². The number of allylic oxidation sites excluding steroid dienone is 1. The molecule has 0 spiro atoms. The van der Waals surface area contributed by atoms with Crippen LogP contribution < -0.4 is 5.73 Å². The van der Waals surface area contributed by atoms with Crippen molar-refractivity contribution in [1.82, 2.24) is 0 Å². The Morgan fingerprint density at radius 1 is 1.00 bits per heavy atom. The molecule has 0 saturated heterocycles. The first kappa shape index (κ1) is 12.8. The minimum atomic E-state index is 0.0844. The molecule has 0 saturated carbocycles. The fraction of sp³-hybridized carbons (Fsp3) is 0.467. The Bertz CT molecular complexity index is 380. The number of rotatable bonds is 2. The van der Waals surface area contributed by atoms with Crippen molar-refractivity contribution < 1.29 is 0 Å². The Balaban J connectivity index is 2.11. The summed E-state index contributed by atoms with van der Waals surface area (Å²) in [6, 6.07) is 8.46. The second-order valence-corrected chi connectivity index (χ2v) is 5.68. The molecule has 0 fully saturated rings. The van der Waals surface area contributed by atoms with Crippen LogP contribution in [-0.2, 0) is 0 Å². The summed E-state index contributed by atoms with van der Waals surface area (Å²) < 4.78 is 1.11. The molecule has 2 N–H and O–H groups in total. The van der Waals surface area contributed by atoms with Gasteiger partial charge in [0.1, 0.15) is 0 Å². The van der Waals surface area contributed by atoms with E-state index < -0.39 is 0 Å². The predicted molar refractivity (Wildman–Crippen MR) is 76.9 cm³/mol. The highest BCUT2D eigenvalue weighted by molar-refractivity contribution is 9.10. The van der Waals surface area contributed by atoms with Crippen molar-refractivity contribution in [3.05, 3.63) is 46.0 Å². The van der Waals surface area contributed by atoms with E-state index in [1.54, 1.807) is 0 Å². The lowest BCUT2D eigenvalue weighted by Crippen LogP contribution is -2.14. The van der Waals surface area contributed by atoms with Crippen LogP contribution in [0.4, 0.5) is 0 Å². The molecule has 2 rings (SSSR count). The van der Waals surface area contributed by atoms with Crippen molar-refractivity contribution in [2.45, 2.75) is 44.6 Å². The average molecular weight is 294 g/mol. The van der Waals surface area contributed by atoms with Gasteiger partial charge in [-0.1, -0.05) is 52.6 Å². The summed E-state index contributed by atoms with van der Waals surface area (Å²) in [5.74, 6) is 0. The van der Waals surface area contributed by atoms with Crippen LogP contribution >= 0.6 is 15.9 Å². The lowest BCUT2D eigenvalue weighted by Gasteiger charge is -2.18. The summed E-state index contributed by atoms with van der Waals surface area (Å²) in [5.41, 5.74) is 9.00. The zero-order chi connectivity index (χ0) is 12.1. The van der Waals surface area contributed by atoms with Gasteiger partial charge in [-0.15, -0.1) is 0 Å². The van der Waals surface area contributed by atoms with E-state index in [9.17, 15) is 0 Å². The van der Waals surface area contributed by atoms with Crippen LogP contribution in [0.2, 0.25) is 0 Å². The number of benzene rings is 1. The molecule has 1 aromatic rings. The van der Waals surface area contributed by atoms with E-state index in [1.165, 1.54) is 43.2 Å². The Labute approximate surface area is 112 Å².